The van der Waals surface area contributed by atoms with Gasteiger partial charge in [0.15, 0.2) is 10.9 Å². The Kier molecular flexibility index (Phi) is 2.91. The number of nitrogens with zero attached hydrogens (tertiary/aromatic N) is 3. The Labute approximate surface area is 115 Å². The van der Waals surface area contributed by atoms with E-state index in [-0.39, 0.29) is 0 Å². The monoisotopic (exact) mass is 276 g/mol. The topological polar surface area (TPSA) is 55.9 Å². The van der Waals surface area contributed by atoms with Crippen molar-refractivity contribution in [1.29, 1.82) is 0 Å². The smallest absolute Gasteiger partial charge is 0.193 e. The number of halogens is 1. The summed E-state index contributed by atoms with van der Waals surface area (Å²) in [5.41, 5.74) is 2.77. The summed E-state index contributed by atoms with van der Waals surface area (Å²) in [5, 5.41) is 9.04. The summed E-state index contributed by atoms with van der Waals surface area (Å²) >= 11 is 5.73. The van der Waals surface area contributed by atoms with Crippen molar-refractivity contribution < 1.29 is 4.42 Å². The Bertz CT molecular complexity index is 731. The molecule has 0 saturated carbocycles. The van der Waals surface area contributed by atoms with E-state index in [9.17, 15) is 0 Å². The maximum atomic E-state index is 5.73. The lowest BCUT2D eigenvalue weighted by molar-refractivity contribution is 0.520. The molecular formula is C13H13ClN4O. The van der Waals surface area contributed by atoms with E-state index in [2.05, 4.69) is 15.4 Å². The Morgan fingerprint density at radius 1 is 1.42 bits per heavy atom. The van der Waals surface area contributed by atoms with E-state index in [1.165, 1.54) is 0 Å². The van der Waals surface area contributed by atoms with Gasteiger partial charge in [0.05, 0.1) is 24.1 Å². The van der Waals surface area contributed by atoms with Gasteiger partial charge >= 0.3 is 0 Å². The average molecular weight is 277 g/mol. The lowest BCUT2D eigenvalue weighted by atomic mass is 10.2. The van der Waals surface area contributed by atoms with Crippen molar-refractivity contribution in [1.82, 2.24) is 14.8 Å². The van der Waals surface area contributed by atoms with Gasteiger partial charge in [0.2, 0.25) is 0 Å². The first-order valence-electron chi connectivity index (χ1n) is 5.91. The third-order valence-corrected chi connectivity index (χ3v) is 3.16. The van der Waals surface area contributed by atoms with Crippen molar-refractivity contribution in [3.05, 3.63) is 41.1 Å². The molecule has 0 aliphatic rings. The second-order valence-electron chi connectivity index (χ2n) is 4.36. The van der Waals surface area contributed by atoms with Gasteiger partial charge in [-0.15, -0.1) is 0 Å². The summed E-state index contributed by atoms with van der Waals surface area (Å²) in [6.07, 6.45) is 1.79. The molecule has 3 heterocycles. The second kappa shape index (κ2) is 4.59. The molecule has 19 heavy (non-hydrogen) atoms. The normalized spacial score (nSPS) is 11.1. The molecule has 0 saturated heterocycles. The Morgan fingerprint density at radius 2 is 2.26 bits per heavy atom. The molecule has 5 nitrogen and oxygen atoms in total. The van der Waals surface area contributed by atoms with Crippen LogP contribution in [0, 0.1) is 6.92 Å². The number of aryl methyl sites for hydroxylation is 2. The number of nitrogens with one attached hydrogen (secondary N) is 1. The highest BCUT2D eigenvalue weighted by Crippen LogP contribution is 2.20. The fourth-order valence-electron chi connectivity index (χ4n) is 2.04. The maximum absolute atomic E-state index is 5.73. The largest absolute Gasteiger partial charge is 0.448 e. The van der Waals surface area contributed by atoms with Crippen LogP contribution >= 0.6 is 11.6 Å². The molecule has 3 rings (SSSR count). The molecule has 0 amide bonds. The molecule has 0 fully saturated rings. The second-order valence-corrected chi connectivity index (χ2v) is 4.74. The van der Waals surface area contributed by atoms with Crippen LogP contribution in [-0.2, 0) is 13.6 Å². The molecule has 0 atom stereocenters. The van der Waals surface area contributed by atoms with Gasteiger partial charge in [-0.05, 0) is 36.7 Å². The molecule has 0 spiro atoms. The fourth-order valence-corrected chi connectivity index (χ4v) is 2.20. The third-order valence-electron chi connectivity index (χ3n) is 2.96. The molecule has 0 unspecified atom stereocenters. The van der Waals surface area contributed by atoms with Crippen LogP contribution in [0.4, 0.5) is 5.69 Å². The molecule has 0 radical (unpaired) electrons. The van der Waals surface area contributed by atoms with E-state index in [1.54, 1.807) is 16.9 Å². The zero-order valence-electron chi connectivity index (χ0n) is 10.6. The van der Waals surface area contributed by atoms with Gasteiger partial charge in [0.1, 0.15) is 5.76 Å². The van der Waals surface area contributed by atoms with E-state index in [0.29, 0.717) is 11.8 Å². The Hall–Kier alpha value is -2.01. The van der Waals surface area contributed by atoms with Gasteiger partial charge in [-0.25, -0.2) is 4.98 Å². The highest BCUT2D eigenvalue weighted by Gasteiger charge is 2.07. The van der Waals surface area contributed by atoms with Crippen molar-refractivity contribution >= 4 is 28.3 Å². The number of hydrogen-bond acceptors (Lipinski definition) is 4. The van der Waals surface area contributed by atoms with Crippen molar-refractivity contribution in [2.45, 2.75) is 13.5 Å². The predicted octanol–water partition coefficient (Wildman–Crippen LogP) is 3.14. The number of aromatic nitrogens is 3. The summed E-state index contributed by atoms with van der Waals surface area (Å²) in [6.45, 7) is 2.54. The van der Waals surface area contributed by atoms with E-state index in [4.69, 9.17) is 16.0 Å². The molecule has 6 heteroatoms. The van der Waals surface area contributed by atoms with E-state index >= 15 is 0 Å². The summed E-state index contributed by atoms with van der Waals surface area (Å²) < 4.78 is 7.07. The zero-order chi connectivity index (χ0) is 13.4. The SMILES string of the molecule is Cc1nn(C)c2ncc(NCc3ccc(Cl)o3)cc12. The van der Waals surface area contributed by atoms with Gasteiger partial charge in [-0.2, -0.15) is 5.10 Å². The molecule has 3 aromatic rings. The number of fused-ring (bicyclic) bond motifs is 1. The maximum Gasteiger partial charge on any atom is 0.193 e. The molecular weight excluding hydrogens is 264 g/mol. The van der Waals surface area contributed by atoms with Gasteiger partial charge in [0.25, 0.3) is 0 Å². The predicted molar refractivity (Wildman–Crippen MR) is 74.3 cm³/mol. The lowest BCUT2D eigenvalue weighted by Gasteiger charge is -2.04. The lowest BCUT2D eigenvalue weighted by Crippen LogP contribution is -1.99. The number of rotatable bonds is 3. The summed E-state index contributed by atoms with van der Waals surface area (Å²) in [4.78, 5) is 4.40. The summed E-state index contributed by atoms with van der Waals surface area (Å²) in [5.74, 6) is 0.785. The molecule has 1 N–H and O–H groups in total. The Balaban J connectivity index is 1.83. The van der Waals surface area contributed by atoms with Crippen molar-refractivity contribution in [2.75, 3.05) is 5.32 Å². The third kappa shape index (κ3) is 2.29. The molecule has 0 aromatic carbocycles. The number of hydrogen-bond donors (Lipinski definition) is 1. The van der Waals surface area contributed by atoms with Crippen LogP contribution in [0.1, 0.15) is 11.5 Å². The number of furan rings is 1. The van der Waals surface area contributed by atoms with Crippen LogP contribution in [0.3, 0.4) is 0 Å². The quantitative estimate of drug-likeness (QED) is 0.798. The van der Waals surface area contributed by atoms with Gasteiger partial charge in [0, 0.05) is 12.4 Å². The zero-order valence-corrected chi connectivity index (χ0v) is 11.4. The molecule has 0 bridgehead atoms. The van der Waals surface area contributed by atoms with E-state index < -0.39 is 0 Å². The first kappa shape index (κ1) is 12.0. The van der Waals surface area contributed by atoms with Gasteiger partial charge < -0.3 is 9.73 Å². The first-order valence-corrected chi connectivity index (χ1v) is 6.29. The molecule has 3 aromatic heterocycles. The minimum absolute atomic E-state index is 0.397. The standard InChI is InChI=1S/C13H13ClN4O/c1-8-11-5-9(6-16-13(11)18(2)17-8)15-7-10-3-4-12(14)19-10/h3-6,15H,7H2,1-2H3. The molecule has 0 aliphatic carbocycles. The van der Waals surface area contributed by atoms with Crippen LogP contribution in [0.5, 0.6) is 0 Å². The molecule has 0 aliphatic heterocycles. The fraction of sp³-hybridized carbons (Fsp3) is 0.231. The molecule has 98 valence electrons. The number of anilines is 1. The van der Waals surface area contributed by atoms with Gasteiger partial charge in [-0.3, -0.25) is 4.68 Å². The van der Waals surface area contributed by atoms with Crippen molar-refractivity contribution in [2.24, 2.45) is 7.05 Å². The number of pyridine rings is 1. The van der Waals surface area contributed by atoms with E-state index in [0.717, 1.165) is 28.2 Å². The van der Waals surface area contributed by atoms with Crippen LogP contribution in [-0.4, -0.2) is 14.8 Å². The summed E-state index contributed by atoms with van der Waals surface area (Å²) in [6, 6.07) is 5.61. The first-order chi connectivity index (χ1) is 9.13. The van der Waals surface area contributed by atoms with Crippen LogP contribution in [0.2, 0.25) is 5.22 Å². The van der Waals surface area contributed by atoms with Crippen LogP contribution < -0.4 is 5.32 Å². The highest BCUT2D eigenvalue weighted by molar-refractivity contribution is 6.28. The van der Waals surface area contributed by atoms with Crippen molar-refractivity contribution in [3.63, 3.8) is 0 Å². The summed E-state index contributed by atoms with van der Waals surface area (Å²) in [7, 11) is 1.89. The van der Waals surface area contributed by atoms with Gasteiger partial charge in [-0.1, -0.05) is 0 Å². The minimum Gasteiger partial charge on any atom is -0.448 e. The average Bonchev–Trinajstić information content (AvgIpc) is 2.92. The minimum atomic E-state index is 0.397. The Morgan fingerprint density at radius 3 is 3.00 bits per heavy atom. The van der Waals surface area contributed by atoms with Crippen molar-refractivity contribution in [3.8, 4) is 0 Å². The van der Waals surface area contributed by atoms with Crippen LogP contribution in [0.15, 0.2) is 28.8 Å². The van der Waals surface area contributed by atoms with Crippen LogP contribution in [0.25, 0.3) is 11.0 Å². The highest BCUT2D eigenvalue weighted by atomic mass is 35.5. The van der Waals surface area contributed by atoms with E-state index in [1.807, 2.05) is 26.1 Å².